The Kier molecular flexibility index (Phi) is 6.58. The number of nitrogens with one attached hydrogen (secondary N) is 1. The highest BCUT2D eigenvalue weighted by molar-refractivity contribution is 7.92. The van der Waals surface area contributed by atoms with E-state index in [4.69, 9.17) is 4.42 Å². The Hall–Kier alpha value is -3.94. The van der Waals surface area contributed by atoms with Gasteiger partial charge < -0.3 is 4.42 Å². The van der Waals surface area contributed by atoms with E-state index in [2.05, 4.69) is 26.4 Å². The standard InChI is InChI=1S/C27H25FN4O4S/c1-18-15-22-23(17-24(18)37(34,35)30-26-11-4-10-25(28)29-26)36-27(33)32(22)19(2)21-9-3-7-20(16-21)8-5-12-31-13-6-14-31/h3-4,7,9-11,15-17,19H,6,12-14H2,1-2H3,(H,29,30)/t19-/m1/s1. The summed E-state index contributed by atoms with van der Waals surface area (Å²) in [6.07, 6.45) is 1.22. The highest BCUT2D eigenvalue weighted by Crippen LogP contribution is 2.28. The molecule has 1 aliphatic heterocycles. The number of halogens is 1. The zero-order valence-corrected chi connectivity index (χ0v) is 21.2. The van der Waals surface area contributed by atoms with E-state index in [1.54, 1.807) is 13.0 Å². The fraction of sp³-hybridized carbons (Fsp3) is 0.259. The first-order valence-corrected chi connectivity index (χ1v) is 13.3. The third-order valence-electron chi connectivity index (χ3n) is 6.39. The van der Waals surface area contributed by atoms with Crippen molar-refractivity contribution in [1.29, 1.82) is 0 Å². The topological polar surface area (TPSA) is 97.4 Å². The van der Waals surface area contributed by atoms with Crippen molar-refractivity contribution in [2.24, 2.45) is 0 Å². The van der Waals surface area contributed by atoms with Gasteiger partial charge in [0, 0.05) is 24.7 Å². The minimum absolute atomic E-state index is 0.0981. The van der Waals surface area contributed by atoms with Gasteiger partial charge in [-0.15, -0.1) is 0 Å². The van der Waals surface area contributed by atoms with Crippen LogP contribution in [0.5, 0.6) is 0 Å². The number of anilines is 1. The fourth-order valence-electron chi connectivity index (χ4n) is 4.30. The molecule has 1 saturated heterocycles. The molecule has 1 aliphatic rings. The molecule has 1 fully saturated rings. The third-order valence-corrected chi connectivity index (χ3v) is 7.89. The van der Waals surface area contributed by atoms with Crippen molar-refractivity contribution in [3.8, 4) is 11.8 Å². The molecular weight excluding hydrogens is 495 g/mol. The highest BCUT2D eigenvalue weighted by Gasteiger charge is 2.23. The number of benzene rings is 2. The molecule has 2 aromatic carbocycles. The average molecular weight is 521 g/mol. The average Bonchev–Trinajstić information content (AvgIpc) is 3.14. The van der Waals surface area contributed by atoms with Crippen LogP contribution in [-0.2, 0) is 10.0 Å². The molecule has 0 amide bonds. The zero-order valence-electron chi connectivity index (χ0n) is 20.4. The SMILES string of the molecule is Cc1cc2c(cc1S(=O)(=O)Nc1cccc(F)n1)oc(=O)n2[C@H](C)c1cccc(C#CCN2CCC2)c1. The van der Waals surface area contributed by atoms with Crippen molar-refractivity contribution in [1.82, 2.24) is 14.5 Å². The molecular formula is C27H25FN4O4S. The monoisotopic (exact) mass is 520 g/mol. The number of sulfonamides is 1. The second-order valence-electron chi connectivity index (χ2n) is 9.01. The molecule has 0 spiro atoms. The summed E-state index contributed by atoms with van der Waals surface area (Å²) in [5, 5.41) is 0. The van der Waals surface area contributed by atoms with Gasteiger partial charge in [-0.3, -0.25) is 14.2 Å². The van der Waals surface area contributed by atoms with Gasteiger partial charge >= 0.3 is 5.76 Å². The van der Waals surface area contributed by atoms with E-state index in [9.17, 15) is 17.6 Å². The van der Waals surface area contributed by atoms with Crippen LogP contribution in [0, 0.1) is 24.7 Å². The predicted octanol–water partition coefficient (Wildman–Crippen LogP) is 3.90. The summed E-state index contributed by atoms with van der Waals surface area (Å²) in [5.41, 5.74) is 2.71. The van der Waals surface area contributed by atoms with Gasteiger partial charge in [0.25, 0.3) is 10.0 Å². The lowest BCUT2D eigenvalue weighted by atomic mass is 10.0. The second-order valence-corrected chi connectivity index (χ2v) is 10.7. The predicted molar refractivity (Wildman–Crippen MR) is 138 cm³/mol. The van der Waals surface area contributed by atoms with E-state index in [-0.39, 0.29) is 22.3 Å². The number of fused-ring (bicyclic) bond motifs is 1. The maximum atomic E-state index is 13.4. The molecule has 0 aliphatic carbocycles. The minimum Gasteiger partial charge on any atom is -0.408 e. The molecule has 4 aromatic rings. The van der Waals surface area contributed by atoms with Gasteiger partial charge in [-0.2, -0.15) is 4.39 Å². The van der Waals surface area contributed by atoms with Gasteiger partial charge in [-0.05, 0) is 61.7 Å². The maximum Gasteiger partial charge on any atom is 0.420 e. The van der Waals surface area contributed by atoms with Gasteiger partial charge in [0.15, 0.2) is 5.58 Å². The number of oxazole rings is 1. The van der Waals surface area contributed by atoms with Gasteiger partial charge in [0.2, 0.25) is 5.95 Å². The van der Waals surface area contributed by atoms with E-state index in [0.29, 0.717) is 11.1 Å². The van der Waals surface area contributed by atoms with Crippen LogP contribution in [0.2, 0.25) is 0 Å². The quantitative estimate of drug-likeness (QED) is 0.306. The summed E-state index contributed by atoms with van der Waals surface area (Å²) in [5.74, 6) is 4.81. The van der Waals surface area contributed by atoms with Crippen molar-refractivity contribution in [2.45, 2.75) is 31.2 Å². The number of aromatic nitrogens is 2. The van der Waals surface area contributed by atoms with Crippen molar-refractivity contribution in [3.63, 3.8) is 0 Å². The summed E-state index contributed by atoms with van der Waals surface area (Å²) in [6.45, 7) is 6.40. The molecule has 3 heterocycles. The van der Waals surface area contributed by atoms with E-state index in [1.807, 2.05) is 31.2 Å². The van der Waals surface area contributed by atoms with E-state index in [1.165, 1.54) is 29.2 Å². The molecule has 1 atom stereocenters. The minimum atomic E-state index is -4.12. The van der Waals surface area contributed by atoms with Crippen LogP contribution in [-0.4, -0.2) is 42.5 Å². The number of nitrogens with zero attached hydrogens (tertiary/aromatic N) is 3. The molecule has 0 unspecified atom stereocenters. The lowest BCUT2D eigenvalue weighted by Gasteiger charge is -2.28. The Morgan fingerprint density at radius 2 is 1.95 bits per heavy atom. The number of likely N-dealkylation sites (tertiary alicyclic amines) is 1. The number of hydrogen-bond donors (Lipinski definition) is 1. The second kappa shape index (κ2) is 9.84. The summed E-state index contributed by atoms with van der Waals surface area (Å²) in [4.78, 5) is 18.6. The van der Waals surface area contributed by atoms with Crippen molar-refractivity contribution < 1.29 is 17.2 Å². The Bertz CT molecular complexity index is 1710. The van der Waals surface area contributed by atoms with Crippen molar-refractivity contribution in [3.05, 3.63) is 87.8 Å². The molecule has 10 heteroatoms. The maximum absolute atomic E-state index is 13.4. The fourth-order valence-corrected chi connectivity index (χ4v) is 5.54. The third kappa shape index (κ3) is 5.14. The van der Waals surface area contributed by atoms with Crippen LogP contribution in [0.25, 0.3) is 11.1 Å². The van der Waals surface area contributed by atoms with Gasteiger partial charge in [-0.1, -0.05) is 30.0 Å². The summed E-state index contributed by atoms with van der Waals surface area (Å²) in [6, 6.07) is 14.0. The lowest BCUT2D eigenvalue weighted by molar-refractivity contribution is 0.207. The summed E-state index contributed by atoms with van der Waals surface area (Å²) in [7, 11) is -4.12. The molecule has 1 N–H and O–H groups in total. The van der Waals surface area contributed by atoms with Crippen LogP contribution in [0.3, 0.4) is 0 Å². The lowest BCUT2D eigenvalue weighted by Crippen LogP contribution is -2.37. The summed E-state index contributed by atoms with van der Waals surface area (Å²) < 4.78 is 48.6. The van der Waals surface area contributed by atoms with Crippen LogP contribution < -0.4 is 10.5 Å². The smallest absolute Gasteiger partial charge is 0.408 e. The number of aryl methyl sites for hydroxylation is 1. The van der Waals surface area contributed by atoms with E-state index in [0.717, 1.165) is 36.8 Å². The molecule has 2 aromatic heterocycles. The first kappa shape index (κ1) is 24.7. The van der Waals surface area contributed by atoms with Crippen LogP contribution in [0.15, 0.2) is 68.7 Å². The molecule has 5 rings (SSSR count). The first-order valence-electron chi connectivity index (χ1n) is 11.8. The first-order chi connectivity index (χ1) is 17.7. The van der Waals surface area contributed by atoms with Gasteiger partial charge in [0.1, 0.15) is 5.82 Å². The van der Waals surface area contributed by atoms with E-state index < -0.39 is 21.7 Å². The van der Waals surface area contributed by atoms with E-state index >= 15 is 0 Å². The normalized spacial score (nSPS) is 14.6. The Morgan fingerprint density at radius 1 is 1.16 bits per heavy atom. The Balaban J connectivity index is 1.46. The van der Waals surface area contributed by atoms with Crippen molar-refractivity contribution in [2.75, 3.05) is 24.4 Å². The van der Waals surface area contributed by atoms with Crippen molar-refractivity contribution >= 4 is 26.9 Å². The van der Waals surface area contributed by atoms with Gasteiger partial charge in [0.05, 0.1) is 23.0 Å². The molecule has 0 saturated carbocycles. The molecule has 0 bridgehead atoms. The van der Waals surface area contributed by atoms with Crippen LogP contribution >= 0.6 is 0 Å². The Morgan fingerprint density at radius 3 is 2.68 bits per heavy atom. The van der Waals surface area contributed by atoms with Crippen LogP contribution in [0.1, 0.15) is 36.1 Å². The molecule has 0 radical (unpaired) electrons. The molecule has 190 valence electrons. The largest absolute Gasteiger partial charge is 0.420 e. The number of hydrogen-bond acceptors (Lipinski definition) is 6. The number of pyridine rings is 1. The van der Waals surface area contributed by atoms with Gasteiger partial charge in [-0.25, -0.2) is 18.2 Å². The Labute approximate surface area is 213 Å². The molecule has 37 heavy (non-hydrogen) atoms. The zero-order chi connectivity index (χ0) is 26.2. The number of rotatable bonds is 6. The highest BCUT2D eigenvalue weighted by atomic mass is 32.2. The summed E-state index contributed by atoms with van der Waals surface area (Å²) >= 11 is 0. The molecule has 8 nitrogen and oxygen atoms in total. The van der Waals surface area contributed by atoms with Crippen LogP contribution in [0.4, 0.5) is 10.2 Å².